The van der Waals surface area contributed by atoms with Crippen LogP contribution >= 0.6 is 0 Å². The first-order chi connectivity index (χ1) is 9.00. The summed E-state index contributed by atoms with van der Waals surface area (Å²) in [6.45, 7) is 10.1. The van der Waals surface area contributed by atoms with Crippen molar-refractivity contribution in [3.63, 3.8) is 0 Å². The average molecular weight is 255 g/mol. The molecule has 0 aromatic heterocycles. The highest BCUT2D eigenvalue weighted by Gasteiger charge is 2.14. The lowest BCUT2D eigenvalue weighted by molar-refractivity contribution is 0.105. The molecule has 0 atom stereocenters. The van der Waals surface area contributed by atoms with Gasteiger partial charge in [0, 0.05) is 24.7 Å². The second-order valence-corrected chi connectivity index (χ2v) is 5.40. The first-order valence-electron chi connectivity index (χ1n) is 6.89. The summed E-state index contributed by atoms with van der Waals surface area (Å²) in [5.41, 5.74) is 5.24. The number of rotatable bonds is 1. The van der Waals surface area contributed by atoms with Gasteiger partial charge in [0.1, 0.15) is 0 Å². The van der Waals surface area contributed by atoms with Crippen molar-refractivity contribution < 1.29 is 4.79 Å². The van der Waals surface area contributed by atoms with Crippen LogP contribution < -0.4 is 0 Å². The lowest BCUT2D eigenvalue weighted by Crippen LogP contribution is -2.13. The third-order valence-corrected chi connectivity index (χ3v) is 4.03. The van der Waals surface area contributed by atoms with E-state index in [1.807, 2.05) is 32.6 Å². The molecule has 1 fully saturated rings. The van der Waals surface area contributed by atoms with E-state index < -0.39 is 0 Å². The SMILES string of the molecule is Cc1cc(C)c(C)c(C(=O)C#CN2CCCC2)c1C. The maximum atomic E-state index is 12.3. The molecule has 0 bridgehead atoms. The van der Waals surface area contributed by atoms with Crippen LogP contribution in [0.25, 0.3) is 0 Å². The Balaban J connectivity index is 2.33. The van der Waals surface area contributed by atoms with Crippen LogP contribution in [-0.4, -0.2) is 23.8 Å². The summed E-state index contributed by atoms with van der Waals surface area (Å²) in [6.07, 6.45) is 2.37. The molecule has 0 aliphatic carbocycles. The van der Waals surface area contributed by atoms with Crippen LogP contribution in [0, 0.1) is 39.7 Å². The second-order valence-electron chi connectivity index (χ2n) is 5.40. The zero-order valence-corrected chi connectivity index (χ0v) is 12.3. The molecule has 0 radical (unpaired) electrons. The molecule has 1 aliphatic heterocycles. The number of carbonyl (C=O) groups is 1. The fourth-order valence-electron chi connectivity index (χ4n) is 2.58. The third-order valence-electron chi connectivity index (χ3n) is 4.03. The second kappa shape index (κ2) is 5.48. The maximum absolute atomic E-state index is 12.3. The molecule has 2 rings (SSSR count). The van der Waals surface area contributed by atoms with Gasteiger partial charge in [0.15, 0.2) is 0 Å². The van der Waals surface area contributed by atoms with Crippen molar-refractivity contribution in [1.29, 1.82) is 0 Å². The maximum Gasteiger partial charge on any atom is 0.238 e. The zero-order valence-electron chi connectivity index (χ0n) is 12.3. The minimum absolute atomic E-state index is 0.0475. The Morgan fingerprint density at radius 3 is 2.11 bits per heavy atom. The van der Waals surface area contributed by atoms with E-state index in [2.05, 4.69) is 18.0 Å². The van der Waals surface area contributed by atoms with E-state index in [0.29, 0.717) is 0 Å². The van der Waals surface area contributed by atoms with Crippen LogP contribution in [0.3, 0.4) is 0 Å². The summed E-state index contributed by atoms with van der Waals surface area (Å²) in [7, 11) is 0. The summed E-state index contributed by atoms with van der Waals surface area (Å²) in [6, 6.07) is 5.14. The van der Waals surface area contributed by atoms with Gasteiger partial charge < -0.3 is 4.90 Å². The van der Waals surface area contributed by atoms with E-state index in [9.17, 15) is 4.79 Å². The first kappa shape index (κ1) is 13.7. The van der Waals surface area contributed by atoms with E-state index in [1.54, 1.807) is 0 Å². The van der Waals surface area contributed by atoms with Crippen molar-refractivity contribution in [2.75, 3.05) is 13.1 Å². The largest absolute Gasteiger partial charge is 0.332 e. The first-order valence-corrected chi connectivity index (χ1v) is 6.89. The highest BCUT2D eigenvalue weighted by atomic mass is 16.1. The zero-order chi connectivity index (χ0) is 14.0. The van der Waals surface area contributed by atoms with E-state index in [1.165, 1.54) is 12.8 Å². The molecule has 0 amide bonds. The predicted molar refractivity (Wildman–Crippen MR) is 78.3 cm³/mol. The Kier molecular flexibility index (Phi) is 3.95. The minimum Gasteiger partial charge on any atom is -0.332 e. The number of benzene rings is 1. The van der Waals surface area contributed by atoms with Gasteiger partial charge in [-0.3, -0.25) is 4.79 Å². The van der Waals surface area contributed by atoms with Crippen molar-refractivity contribution in [1.82, 2.24) is 4.90 Å². The Bertz CT molecular complexity index is 543. The summed E-state index contributed by atoms with van der Waals surface area (Å²) in [4.78, 5) is 14.4. The Morgan fingerprint density at radius 1 is 1.05 bits per heavy atom. The topological polar surface area (TPSA) is 20.3 Å². The van der Waals surface area contributed by atoms with Crippen LogP contribution in [0.1, 0.15) is 45.5 Å². The fourth-order valence-corrected chi connectivity index (χ4v) is 2.58. The molecule has 0 spiro atoms. The Labute approximate surface area is 115 Å². The predicted octanol–water partition coefficient (Wildman–Crippen LogP) is 3.16. The summed E-state index contributed by atoms with van der Waals surface area (Å²) < 4.78 is 0. The van der Waals surface area contributed by atoms with Crippen molar-refractivity contribution >= 4 is 5.78 Å². The van der Waals surface area contributed by atoms with Gasteiger partial charge in [-0.15, -0.1) is 0 Å². The van der Waals surface area contributed by atoms with Gasteiger partial charge in [0.05, 0.1) is 0 Å². The van der Waals surface area contributed by atoms with Crippen molar-refractivity contribution in [2.45, 2.75) is 40.5 Å². The van der Waals surface area contributed by atoms with Gasteiger partial charge in [0.25, 0.3) is 0 Å². The van der Waals surface area contributed by atoms with E-state index in [0.717, 1.165) is 40.9 Å². The van der Waals surface area contributed by atoms with Crippen LogP contribution in [0.2, 0.25) is 0 Å². The molecule has 1 heterocycles. The number of ketones is 1. The van der Waals surface area contributed by atoms with Crippen LogP contribution in [0.4, 0.5) is 0 Å². The van der Waals surface area contributed by atoms with Crippen LogP contribution in [-0.2, 0) is 0 Å². The Morgan fingerprint density at radius 2 is 1.58 bits per heavy atom. The molecule has 1 aliphatic rings. The van der Waals surface area contributed by atoms with Crippen LogP contribution in [0.5, 0.6) is 0 Å². The fraction of sp³-hybridized carbons (Fsp3) is 0.471. The van der Waals surface area contributed by atoms with E-state index >= 15 is 0 Å². The number of likely N-dealkylation sites (tertiary alicyclic amines) is 1. The standard InChI is InChI=1S/C17H21NO/c1-12-11-13(2)15(4)17(14(12)3)16(19)7-10-18-8-5-6-9-18/h11H,5-6,8-9H2,1-4H3. The van der Waals surface area contributed by atoms with Gasteiger partial charge in [-0.1, -0.05) is 6.07 Å². The molecular formula is C17H21NO. The molecule has 1 aromatic rings. The van der Waals surface area contributed by atoms with Crippen LogP contribution in [0.15, 0.2) is 6.07 Å². The van der Waals surface area contributed by atoms with Crippen molar-refractivity contribution in [2.24, 2.45) is 0 Å². The lowest BCUT2D eigenvalue weighted by Gasteiger charge is -2.12. The van der Waals surface area contributed by atoms with E-state index in [-0.39, 0.29) is 5.78 Å². The molecule has 19 heavy (non-hydrogen) atoms. The molecular weight excluding hydrogens is 234 g/mol. The number of Topliss-reactive ketones (excluding diaryl/α,β-unsaturated/α-hetero) is 1. The number of hydrogen-bond donors (Lipinski definition) is 0. The summed E-state index contributed by atoms with van der Waals surface area (Å²) in [5, 5.41) is 0. The number of nitrogens with zero attached hydrogens (tertiary/aromatic N) is 1. The lowest BCUT2D eigenvalue weighted by atomic mass is 9.92. The quantitative estimate of drug-likeness (QED) is 0.567. The van der Waals surface area contributed by atoms with Gasteiger partial charge in [0.2, 0.25) is 5.78 Å². The smallest absolute Gasteiger partial charge is 0.238 e. The molecule has 100 valence electrons. The van der Waals surface area contributed by atoms with E-state index in [4.69, 9.17) is 0 Å². The monoisotopic (exact) mass is 255 g/mol. The molecule has 1 saturated heterocycles. The molecule has 2 nitrogen and oxygen atoms in total. The van der Waals surface area contributed by atoms with Gasteiger partial charge in [-0.2, -0.15) is 0 Å². The molecule has 0 unspecified atom stereocenters. The summed E-state index contributed by atoms with van der Waals surface area (Å²) >= 11 is 0. The number of aryl methyl sites for hydroxylation is 2. The molecule has 0 N–H and O–H groups in total. The average Bonchev–Trinajstić information content (AvgIpc) is 2.87. The highest BCUT2D eigenvalue weighted by Crippen LogP contribution is 2.21. The number of carbonyl (C=O) groups excluding carboxylic acids is 1. The number of hydrogen-bond acceptors (Lipinski definition) is 2. The van der Waals surface area contributed by atoms with Gasteiger partial charge >= 0.3 is 0 Å². The van der Waals surface area contributed by atoms with Gasteiger partial charge in [-0.05, 0) is 68.7 Å². The van der Waals surface area contributed by atoms with Gasteiger partial charge in [-0.25, -0.2) is 0 Å². The van der Waals surface area contributed by atoms with Crippen molar-refractivity contribution in [3.8, 4) is 12.0 Å². The Hall–Kier alpha value is -1.75. The molecule has 2 heteroatoms. The molecule has 1 aromatic carbocycles. The van der Waals surface area contributed by atoms with Crippen molar-refractivity contribution in [3.05, 3.63) is 33.9 Å². The normalized spacial score (nSPS) is 14.2. The summed E-state index contributed by atoms with van der Waals surface area (Å²) in [5.74, 6) is 2.77. The minimum atomic E-state index is -0.0475. The third kappa shape index (κ3) is 2.81. The highest BCUT2D eigenvalue weighted by molar-refractivity contribution is 6.11. The molecule has 0 saturated carbocycles.